The summed E-state index contributed by atoms with van der Waals surface area (Å²) in [6.07, 6.45) is -0.210. The number of cyclic esters (lactones) is 1. The van der Waals surface area contributed by atoms with E-state index in [1.807, 2.05) is 30.3 Å². The van der Waals surface area contributed by atoms with E-state index in [0.29, 0.717) is 0 Å². The Morgan fingerprint density at radius 2 is 1.73 bits per heavy atom. The number of ether oxygens (including phenoxy) is 3. The molecular weight excluding hydrogens is 336 g/mol. The summed E-state index contributed by atoms with van der Waals surface area (Å²) < 4.78 is 15.6. The summed E-state index contributed by atoms with van der Waals surface area (Å²) in [4.78, 5) is 24.2. The molecular formula is C20H18O6. The number of carbonyl (C=O) groups is 2. The highest BCUT2D eigenvalue weighted by Gasteiger charge is 2.54. The first-order chi connectivity index (χ1) is 12.6. The second kappa shape index (κ2) is 7.41. The van der Waals surface area contributed by atoms with Crippen molar-refractivity contribution in [1.29, 1.82) is 0 Å². The zero-order chi connectivity index (χ0) is 18.6. The number of rotatable bonds is 6. The smallest absolute Gasteiger partial charge is 0.347 e. The van der Waals surface area contributed by atoms with Crippen LogP contribution < -0.4 is 0 Å². The molecule has 0 bridgehead atoms. The fraction of sp³-hybridized carbons (Fsp3) is 0.200. The van der Waals surface area contributed by atoms with Gasteiger partial charge in [-0.2, -0.15) is 0 Å². The van der Waals surface area contributed by atoms with Crippen LogP contribution in [0.1, 0.15) is 11.1 Å². The van der Waals surface area contributed by atoms with Gasteiger partial charge in [-0.3, -0.25) is 0 Å². The Balaban J connectivity index is 1.91. The molecule has 0 fully saturated rings. The van der Waals surface area contributed by atoms with Gasteiger partial charge < -0.3 is 19.3 Å². The Morgan fingerprint density at radius 3 is 2.35 bits per heavy atom. The second-order valence-corrected chi connectivity index (χ2v) is 5.76. The molecule has 0 aromatic heterocycles. The zero-order valence-electron chi connectivity index (χ0n) is 14.1. The lowest BCUT2D eigenvalue weighted by atomic mass is 9.87. The van der Waals surface area contributed by atoms with Gasteiger partial charge in [-0.15, -0.1) is 0 Å². The highest BCUT2D eigenvalue weighted by molar-refractivity contribution is 5.89. The molecule has 6 heteroatoms. The Bertz CT molecular complexity index is 815. The summed E-state index contributed by atoms with van der Waals surface area (Å²) in [7, 11) is 1.15. The Hall–Kier alpha value is -3.12. The van der Waals surface area contributed by atoms with Crippen molar-refractivity contribution in [3.05, 3.63) is 83.6 Å². The average Bonchev–Trinajstić information content (AvgIpc) is 3.07. The predicted molar refractivity (Wildman–Crippen MR) is 91.5 cm³/mol. The van der Waals surface area contributed by atoms with E-state index < -0.39 is 23.6 Å². The molecule has 2 aromatic rings. The maximum atomic E-state index is 12.4. The van der Waals surface area contributed by atoms with Crippen molar-refractivity contribution >= 4 is 11.9 Å². The minimum Gasteiger partial charge on any atom is -0.489 e. The van der Waals surface area contributed by atoms with E-state index in [1.165, 1.54) is 0 Å². The third-order valence-corrected chi connectivity index (χ3v) is 4.09. The number of esters is 2. The minimum atomic E-state index is -2.22. The van der Waals surface area contributed by atoms with Crippen LogP contribution in [0.15, 0.2) is 72.5 Å². The van der Waals surface area contributed by atoms with E-state index in [1.54, 1.807) is 30.3 Å². The number of carbonyl (C=O) groups excluding carboxylic acids is 2. The molecule has 2 aromatic carbocycles. The van der Waals surface area contributed by atoms with Crippen molar-refractivity contribution in [1.82, 2.24) is 0 Å². The van der Waals surface area contributed by atoms with E-state index in [2.05, 4.69) is 0 Å². The molecule has 6 nitrogen and oxygen atoms in total. The van der Waals surface area contributed by atoms with Crippen LogP contribution in [0.5, 0.6) is 0 Å². The molecule has 2 atom stereocenters. The van der Waals surface area contributed by atoms with E-state index in [0.717, 1.165) is 18.7 Å². The van der Waals surface area contributed by atoms with Crippen LogP contribution in [-0.2, 0) is 36.0 Å². The predicted octanol–water partition coefficient (Wildman–Crippen LogP) is 2.07. The highest BCUT2D eigenvalue weighted by atomic mass is 16.6. The van der Waals surface area contributed by atoms with Crippen LogP contribution in [0.2, 0.25) is 0 Å². The number of benzene rings is 2. The molecule has 1 heterocycles. The third kappa shape index (κ3) is 3.32. The van der Waals surface area contributed by atoms with Crippen molar-refractivity contribution in [3.63, 3.8) is 0 Å². The standard InChI is InChI=1S/C20H18O6/c1-24-19(22)20(23,15-10-6-3-7-11-15)18-16(12-17(21)26-18)25-13-14-8-4-2-5-9-14/h2-12,18,23H,13H2,1H3. The van der Waals surface area contributed by atoms with Crippen LogP contribution in [-0.4, -0.2) is 30.3 Å². The molecule has 1 N–H and O–H groups in total. The van der Waals surface area contributed by atoms with Gasteiger partial charge in [0.25, 0.3) is 0 Å². The second-order valence-electron chi connectivity index (χ2n) is 5.76. The van der Waals surface area contributed by atoms with Gasteiger partial charge in [0, 0.05) is 0 Å². The number of hydrogen-bond donors (Lipinski definition) is 1. The molecule has 0 aliphatic carbocycles. The first kappa shape index (κ1) is 17.7. The fourth-order valence-corrected chi connectivity index (χ4v) is 2.77. The van der Waals surface area contributed by atoms with Gasteiger partial charge >= 0.3 is 11.9 Å². The van der Waals surface area contributed by atoms with Gasteiger partial charge in [0.15, 0.2) is 0 Å². The number of hydrogen-bond acceptors (Lipinski definition) is 6. The first-order valence-corrected chi connectivity index (χ1v) is 8.01. The quantitative estimate of drug-likeness (QED) is 0.800. The molecule has 0 saturated carbocycles. The molecule has 134 valence electrons. The summed E-state index contributed by atoms with van der Waals surface area (Å²) in [5.74, 6) is -1.58. The van der Waals surface area contributed by atoms with Gasteiger partial charge in [0.05, 0.1) is 13.2 Å². The first-order valence-electron chi connectivity index (χ1n) is 8.01. The van der Waals surface area contributed by atoms with Crippen LogP contribution >= 0.6 is 0 Å². The molecule has 1 aliphatic heterocycles. The Morgan fingerprint density at radius 1 is 1.12 bits per heavy atom. The fourth-order valence-electron chi connectivity index (χ4n) is 2.77. The van der Waals surface area contributed by atoms with E-state index >= 15 is 0 Å². The van der Waals surface area contributed by atoms with Gasteiger partial charge in [-0.05, 0) is 11.1 Å². The summed E-state index contributed by atoms with van der Waals surface area (Å²) in [5, 5.41) is 11.2. The number of methoxy groups -OCH3 is 1. The minimum absolute atomic E-state index is 0.0654. The molecule has 0 spiro atoms. The lowest BCUT2D eigenvalue weighted by molar-refractivity contribution is -0.183. The van der Waals surface area contributed by atoms with E-state index in [9.17, 15) is 14.7 Å². The normalized spacial score (nSPS) is 18.5. The maximum Gasteiger partial charge on any atom is 0.347 e. The largest absolute Gasteiger partial charge is 0.489 e. The van der Waals surface area contributed by atoms with Crippen LogP contribution in [0.25, 0.3) is 0 Å². The third-order valence-electron chi connectivity index (χ3n) is 4.09. The van der Waals surface area contributed by atoms with Crippen molar-refractivity contribution in [3.8, 4) is 0 Å². The van der Waals surface area contributed by atoms with E-state index in [4.69, 9.17) is 14.2 Å². The van der Waals surface area contributed by atoms with Gasteiger partial charge in [-0.1, -0.05) is 60.7 Å². The lowest BCUT2D eigenvalue weighted by Crippen LogP contribution is -2.49. The molecule has 26 heavy (non-hydrogen) atoms. The summed E-state index contributed by atoms with van der Waals surface area (Å²) in [5.41, 5.74) is -1.11. The van der Waals surface area contributed by atoms with Crippen LogP contribution in [0.3, 0.4) is 0 Å². The van der Waals surface area contributed by atoms with Crippen molar-refractivity contribution in [2.24, 2.45) is 0 Å². The van der Waals surface area contributed by atoms with Crippen molar-refractivity contribution in [2.75, 3.05) is 7.11 Å². The maximum absolute atomic E-state index is 12.4. The van der Waals surface area contributed by atoms with Gasteiger partial charge in [-0.25, -0.2) is 9.59 Å². The van der Waals surface area contributed by atoms with Crippen molar-refractivity contribution in [2.45, 2.75) is 18.3 Å². The summed E-state index contributed by atoms with van der Waals surface area (Å²) in [6, 6.07) is 17.5. The highest BCUT2D eigenvalue weighted by Crippen LogP contribution is 2.36. The molecule has 0 radical (unpaired) electrons. The number of aliphatic hydroxyl groups is 1. The molecule has 0 amide bonds. The summed E-state index contributed by atoms with van der Waals surface area (Å²) >= 11 is 0. The summed E-state index contributed by atoms with van der Waals surface area (Å²) in [6.45, 7) is 0.159. The monoisotopic (exact) mass is 354 g/mol. The lowest BCUT2D eigenvalue weighted by Gasteiger charge is -2.31. The Labute approximate surface area is 150 Å². The van der Waals surface area contributed by atoms with Crippen LogP contribution in [0.4, 0.5) is 0 Å². The van der Waals surface area contributed by atoms with E-state index in [-0.39, 0.29) is 17.9 Å². The van der Waals surface area contributed by atoms with Gasteiger partial charge in [0.2, 0.25) is 11.7 Å². The zero-order valence-corrected chi connectivity index (χ0v) is 14.1. The molecule has 0 saturated heterocycles. The SMILES string of the molecule is COC(=O)C(O)(c1ccccc1)C1OC(=O)C=C1OCc1ccccc1. The Kier molecular flexibility index (Phi) is 5.04. The molecule has 3 rings (SSSR count). The van der Waals surface area contributed by atoms with Gasteiger partial charge in [0.1, 0.15) is 12.4 Å². The molecule has 2 unspecified atom stereocenters. The average molecular weight is 354 g/mol. The van der Waals surface area contributed by atoms with Crippen molar-refractivity contribution < 1.29 is 28.9 Å². The van der Waals surface area contributed by atoms with Crippen LogP contribution in [0, 0.1) is 0 Å². The topological polar surface area (TPSA) is 82.1 Å². The molecule has 1 aliphatic rings.